The Morgan fingerprint density at radius 2 is 1.83 bits per heavy atom. The van der Waals surface area contributed by atoms with Crippen LogP contribution in [0.15, 0.2) is 53.6 Å². The summed E-state index contributed by atoms with van der Waals surface area (Å²) in [4.78, 5) is 23.3. The highest BCUT2D eigenvalue weighted by molar-refractivity contribution is 6.35. The Morgan fingerprint density at radius 1 is 1.04 bits per heavy atom. The van der Waals surface area contributed by atoms with Crippen LogP contribution in [-0.4, -0.2) is 24.8 Å². The van der Waals surface area contributed by atoms with Crippen molar-refractivity contribution in [1.82, 2.24) is 10.7 Å². The molecule has 1 aliphatic heterocycles. The van der Waals surface area contributed by atoms with Gasteiger partial charge in [0.05, 0.1) is 6.21 Å². The quantitative estimate of drug-likeness (QED) is 0.502. The highest BCUT2D eigenvalue weighted by Crippen LogP contribution is 2.31. The van der Waals surface area contributed by atoms with Gasteiger partial charge in [0, 0.05) is 6.54 Å². The largest absolute Gasteiger partial charge is 0.454 e. The predicted octanol–water partition coefficient (Wildman–Crippen LogP) is 1.18. The lowest BCUT2D eigenvalue weighted by Gasteiger charge is -2.03. The first-order chi connectivity index (χ1) is 11.7. The fraction of sp³-hybridized carbons (Fsp3) is 0.118. The molecule has 0 saturated heterocycles. The number of rotatable bonds is 4. The number of hydrogen-bond acceptors (Lipinski definition) is 5. The Balaban J connectivity index is 1.48. The van der Waals surface area contributed by atoms with Gasteiger partial charge >= 0.3 is 11.8 Å². The van der Waals surface area contributed by atoms with Crippen LogP contribution in [0.5, 0.6) is 11.5 Å². The van der Waals surface area contributed by atoms with Crippen LogP contribution in [0, 0.1) is 0 Å². The first kappa shape index (κ1) is 15.5. The Hall–Kier alpha value is -3.35. The van der Waals surface area contributed by atoms with Crippen LogP contribution in [0.1, 0.15) is 11.1 Å². The summed E-state index contributed by atoms with van der Waals surface area (Å²) in [5.41, 5.74) is 3.80. The van der Waals surface area contributed by atoms with Crippen LogP contribution in [0.3, 0.4) is 0 Å². The molecule has 2 aromatic rings. The summed E-state index contributed by atoms with van der Waals surface area (Å²) >= 11 is 0. The maximum absolute atomic E-state index is 11.7. The SMILES string of the molecule is O=C(NCc1ccccc1)C(=O)N/N=C/c1ccc2c(c1)OCO2. The van der Waals surface area contributed by atoms with E-state index in [1.165, 1.54) is 6.21 Å². The summed E-state index contributed by atoms with van der Waals surface area (Å²) in [6.45, 7) is 0.465. The number of carbonyl (C=O) groups is 2. The Morgan fingerprint density at radius 3 is 2.67 bits per heavy atom. The third-order valence-corrected chi connectivity index (χ3v) is 3.28. The monoisotopic (exact) mass is 325 g/mol. The Bertz CT molecular complexity index is 775. The van der Waals surface area contributed by atoms with E-state index in [9.17, 15) is 9.59 Å². The molecular formula is C17H15N3O4. The fourth-order valence-corrected chi connectivity index (χ4v) is 2.07. The second-order valence-corrected chi connectivity index (χ2v) is 4.98. The van der Waals surface area contributed by atoms with Gasteiger partial charge in [-0.25, -0.2) is 5.43 Å². The molecule has 3 rings (SSSR count). The van der Waals surface area contributed by atoms with Gasteiger partial charge in [0.25, 0.3) is 0 Å². The zero-order chi connectivity index (χ0) is 16.8. The van der Waals surface area contributed by atoms with E-state index in [0.29, 0.717) is 17.1 Å². The minimum absolute atomic E-state index is 0.189. The third-order valence-electron chi connectivity index (χ3n) is 3.28. The van der Waals surface area contributed by atoms with Crippen molar-refractivity contribution in [3.05, 3.63) is 59.7 Å². The zero-order valence-corrected chi connectivity index (χ0v) is 12.7. The Labute approximate surface area is 138 Å². The van der Waals surface area contributed by atoms with E-state index < -0.39 is 11.8 Å². The molecule has 24 heavy (non-hydrogen) atoms. The summed E-state index contributed by atoms with van der Waals surface area (Å²) in [6.07, 6.45) is 1.42. The van der Waals surface area contributed by atoms with Crippen molar-refractivity contribution in [3.8, 4) is 11.5 Å². The van der Waals surface area contributed by atoms with E-state index in [2.05, 4.69) is 15.8 Å². The van der Waals surface area contributed by atoms with Crippen LogP contribution in [0.25, 0.3) is 0 Å². The van der Waals surface area contributed by atoms with Crippen molar-refractivity contribution in [2.24, 2.45) is 5.10 Å². The van der Waals surface area contributed by atoms with E-state index in [-0.39, 0.29) is 13.3 Å². The van der Waals surface area contributed by atoms with Gasteiger partial charge in [0.15, 0.2) is 11.5 Å². The second-order valence-electron chi connectivity index (χ2n) is 4.98. The second kappa shape index (κ2) is 7.28. The van der Waals surface area contributed by atoms with E-state index in [1.807, 2.05) is 30.3 Å². The molecule has 0 aromatic heterocycles. The lowest BCUT2D eigenvalue weighted by atomic mass is 10.2. The number of ether oxygens (including phenoxy) is 2. The van der Waals surface area contributed by atoms with Gasteiger partial charge in [0.2, 0.25) is 6.79 Å². The fourth-order valence-electron chi connectivity index (χ4n) is 2.07. The van der Waals surface area contributed by atoms with Crippen LogP contribution < -0.4 is 20.2 Å². The van der Waals surface area contributed by atoms with E-state index >= 15 is 0 Å². The zero-order valence-electron chi connectivity index (χ0n) is 12.7. The third kappa shape index (κ3) is 3.89. The molecule has 0 saturated carbocycles. The average molecular weight is 325 g/mol. The number of nitrogens with zero attached hydrogens (tertiary/aromatic N) is 1. The van der Waals surface area contributed by atoms with Gasteiger partial charge in [-0.3, -0.25) is 9.59 Å². The van der Waals surface area contributed by atoms with Gasteiger partial charge in [-0.1, -0.05) is 30.3 Å². The van der Waals surface area contributed by atoms with Crippen LogP contribution in [0.2, 0.25) is 0 Å². The van der Waals surface area contributed by atoms with Crippen molar-refractivity contribution < 1.29 is 19.1 Å². The number of carbonyl (C=O) groups excluding carboxylic acids is 2. The summed E-state index contributed by atoms with van der Waals surface area (Å²) in [6, 6.07) is 14.5. The molecule has 1 aliphatic rings. The lowest BCUT2D eigenvalue weighted by molar-refractivity contribution is -0.139. The molecule has 0 radical (unpaired) electrons. The minimum atomic E-state index is -0.831. The first-order valence-electron chi connectivity index (χ1n) is 7.27. The van der Waals surface area contributed by atoms with Crippen LogP contribution in [0.4, 0.5) is 0 Å². The summed E-state index contributed by atoms with van der Waals surface area (Å²) in [5, 5.41) is 6.28. The molecule has 7 heteroatoms. The van der Waals surface area contributed by atoms with Crippen molar-refractivity contribution in [2.75, 3.05) is 6.79 Å². The molecule has 122 valence electrons. The van der Waals surface area contributed by atoms with Crippen molar-refractivity contribution >= 4 is 18.0 Å². The van der Waals surface area contributed by atoms with Gasteiger partial charge < -0.3 is 14.8 Å². The smallest absolute Gasteiger partial charge is 0.329 e. The molecule has 0 fully saturated rings. The number of nitrogens with one attached hydrogen (secondary N) is 2. The molecule has 2 aromatic carbocycles. The highest BCUT2D eigenvalue weighted by atomic mass is 16.7. The molecule has 7 nitrogen and oxygen atoms in total. The van der Waals surface area contributed by atoms with Gasteiger partial charge in [-0.2, -0.15) is 5.10 Å². The maximum atomic E-state index is 11.7. The van der Waals surface area contributed by atoms with Gasteiger partial charge in [0.1, 0.15) is 0 Å². The van der Waals surface area contributed by atoms with E-state index in [4.69, 9.17) is 9.47 Å². The summed E-state index contributed by atoms with van der Waals surface area (Å²) < 4.78 is 10.4. The van der Waals surface area contributed by atoms with E-state index in [0.717, 1.165) is 5.56 Å². The first-order valence-corrected chi connectivity index (χ1v) is 7.27. The highest BCUT2D eigenvalue weighted by Gasteiger charge is 2.13. The topological polar surface area (TPSA) is 89.0 Å². The van der Waals surface area contributed by atoms with E-state index in [1.54, 1.807) is 18.2 Å². The number of fused-ring (bicyclic) bond motifs is 1. The average Bonchev–Trinajstić information content (AvgIpc) is 3.08. The molecular weight excluding hydrogens is 310 g/mol. The van der Waals surface area contributed by atoms with Crippen molar-refractivity contribution in [1.29, 1.82) is 0 Å². The van der Waals surface area contributed by atoms with Gasteiger partial charge in [-0.05, 0) is 29.3 Å². The molecule has 0 spiro atoms. The summed E-state index contributed by atoms with van der Waals surface area (Å²) in [5.74, 6) is -0.299. The van der Waals surface area contributed by atoms with Crippen LogP contribution >= 0.6 is 0 Å². The minimum Gasteiger partial charge on any atom is -0.454 e. The Kier molecular flexibility index (Phi) is 4.71. The molecule has 0 atom stereocenters. The van der Waals surface area contributed by atoms with Gasteiger partial charge in [-0.15, -0.1) is 0 Å². The maximum Gasteiger partial charge on any atom is 0.329 e. The molecule has 2 N–H and O–H groups in total. The van der Waals surface area contributed by atoms with Crippen LogP contribution in [-0.2, 0) is 16.1 Å². The predicted molar refractivity (Wildman–Crippen MR) is 86.6 cm³/mol. The number of amides is 2. The molecule has 0 bridgehead atoms. The molecule has 0 unspecified atom stereocenters. The standard InChI is InChI=1S/C17H15N3O4/c21-16(18-9-12-4-2-1-3-5-12)17(22)20-19-10-13-6-7-14-15(8-13)24-11-23-14/h1-8,10H,9,11H2,(H,18,21)(H,20,22)/b19-10+. The lowest BCUT2D eigenvalue weighted by Crippen LogP contribution is -2.37. The summed E-state index contributed by atoms with van der Waals surface area (Å²) in [7, 11) is 0. The molecule has 0 aliphatic carbocycles. The number of hydrogen-bond donors (Lipinski definition) is 2. The van der Waals surface area contributed by atoms with Crippen molar-refractivity contribution in [2.45, 2.75) is 6.54 Å². The van der Waals surface area contributed by atoms with Crippen molar-refractivity contribution in [3.63, 3.8) is 0 Å². The molecule has 2 amide bonds. The number of hydrazone groups is 1. The molecule has 1 heterocycles. The number of benzene rings is 2. The normalized spacial score (nSPS) is 12.2.